The summed E-state index contributed by atoms with van der Waals surface area (Å²) in [5.41, 5.74) is 0.975. The lowest BCUT2D eigenvalue weighted by atomic mass is 10.2. The SMILES string of the molecule is O=C(C=Cc1ccccc1)NCCc1nc(-c2ccco2)no1. The lowest BCUT2D eigenvalue weighted by molar-refractivity contribution is -0.116. The monoisotopic (exact) mass is 309 g/mol. The molecule has 6 nitrogen and oxygen atoms in total. The van der Waals surface area contributed by atoms with Crippen molar-refractivity contribution >= 4 is 12.0 Å². The van der Waals surface area contributed by atoms with Crippen molar-refractivity contribution in [1.29, 1.82) is 0 Å². The topological polar surface area (TPSA) is 81.2 Å². The van der Waals surface area contributed by atoms with E-state index < -0.39 is 0 Å². The second-order valence-electron chi connectivity index (χ2n) is 4.77. The predicted molar refractivity (Wildman–Crippen MR) is 84.2 cm³/mol. The standard InChI is InChI=1S/C17H15N3O3/c21-15(9-8-13-5-2-1-3-6-13)18-11-10-16-19-17(20-23-16)14-7-4-12-22-14/h1-9,12H,10-11H2,(H,18,21). The molecule has 23 heavy (non-hydrogen) atoms. The lowest BCUT2D eigenvalue weighted by Crippen LogP contribution is -2.23. The molecule has 0 spiro atoms. The second kappa shape index (κ2) is 7.22. The Balaban J connectivity index is 1.46. The second-order valence-corrected chi connectivity index (χ2v) is 4.77. The average molecular weight is 309 g/mol. The molecule has 0 atom stereocenters. The van der Waals surface area contributed by atoms with Gasteiger partial charge in [0.25, 0.3) is 0 Å². The maximum Gasteiger partial charge on any atom is 0.244 e. The summed E-state index contributed by atoms with van der Waals surface area (Å²) >= 11 is 0. The summed E-state index contributed by atoms with van der Waals surface area (Å²) in [5.74, 6) is 1.23. The number of carbonyl (C=O) groups is 1. The van der Waals surface area contributed by atoms with Crippen LogP contribution in [0.4, 0.5) is 0 Å². The fraction of sp³-hybridized carbons (Fsp3) is 0.118. The Kier molecular flexibility index (Phi) is 4.63. The number of benzene rings is 1. The molecule has 3 rings (SSSR count). The molecular weight excluding hydrogens is 294 g/mol. The van der Waals surface area contributed by atoms with E-state index in [1.165, 1.54) is 6.08 Å². The molecule has 2 aromatic heterocycles. The highest BCUT2D eigenvalue weighted by Crippen LogP contribution is 2.15. The van der Waals surface area contributed by atoms with E-state index in [2.05, 4.69) is 15.5 Å². The van der Waals surface area contributed by atoms with Crippen LogP contribution in [-0.4, -0.2) is 22.6 Å². The van der Waals surface area contributed by atoms with Gasteiger partial charge in [0, 0.05) is 19.0 Å². The van der Waals surface area contributed by atoms with Crippen molar-refractivity contribution < 1.29 is 13.7 Å². The normalized spacial score (nSPS) is 11.0. The number of hydrogen-bond donors (Lipinski definition) is 1. The minimum Gasteiger partial charge on any atom is -0.461 e. The first-order valence-electron chi connectivity index (χ1n) is 7.19. The summed E-state index contributed by atoms with van der Waals surface area (Å²) in [7, 11) is 0. The molecule has 6 heteroatoms. The van der Waals surface area contributed by atoms with Crippen molar-refractivity contribution in [2.45, 2.75) is 6.42 Å². The summed E-state index contributed by atoms with van der Waals surface area (Å²) in [4.78, 5) is 15.9. The van der Waals surface area contributed by atoms with E-state index in [0.29, 0.717) is 30.4 Å². The zero-order chi connectivity index (χ0) is 15.9. The van der Waals surface area contributed by atoms with Crippen molar-refractivity contribution in [1.82, 2.24) is 15.5 Å². The van der Waals surface area contributed by atoms with Crippen molar-refractivity contribution in [2.24, 2.45) is 0 Å². The average Bonchev–Trinajstić information content (AvgIpc) is 3.25. The predicted octanol–water partition coefficient (Wildman–Crippen LogP) is 2.70. The van der Waals surface area contributed by atoms with Gasteiger partial charge in [-0.2, -0.15) is 4.98 Å². The molecular formula is C17H15N3O3. The van der Waals surface area contributed by atoms with Crippen LogP contribution in [0.2, 0.25) is 0 Å². The number of furan rings is 1. The molecule has 1 N–H and O–H groups in total. The quantitative estimate of drug-likeness (QED) is 0.708. The molecule has 1 aromatic carbocycles. The van der Waals surface area contributed by atoms with E-state index in [1.807, 2.05) is 30.3 Å². The molecule has 0 bridgehead atoms. The van der Waals surface area contributed by atoms with Crippen molar-refractivity contribution in [3.63, 3.8) is 0 Å². The fourth-order valence-corrected chi connectivity index (χ4v) is 1.95. The Morgan fingerprint density at radius 2 is 2.04 bits per heavy atom. The summed E-state index contributed by atoms with van der Waals surface area (Å²) in [6.45, 7) is 0.414. The van der Waals surface area contributed by atoms with Gasteiger partial charge in [0.1, 0.15) is 0 Å². The molecule has 1 amide bonds. The molecule has 116 valence electrons. The molecule has 0 fully saturated rings. The van der Waals surface area contributed by atoms with E-state index in [9.17, 15) is 4.79 Å². The van der Waals surface area contributed by atoms with Crippen molar-refractivity contribution in [3.05, 3.63) is 66.3 Å². The van der Waals surface area contributed by atoms with Crippen LogP contribution in [0.1, 0.15) is 11.5 Å². The summed E-state index contributed by atoms with van der Waals surface area (Å²) < 4.78 is 10.3. The number of rotatable bonds is 6. The van der Waals surface area contributed by atoms with E-state index in [-0.39, 0.29) is 5.91 Å². The van der Waals surface area contributed by atoms with Gasteiger partial charge in [-0.25, -0.2) is 0 Å². The van der Waals surface area contributed by atoms with Crippen LogP contribution in [0.3, 0.4) is 0 Å². The zero-order valence-electron chi connectivity index (χ0n) is 12.3. The third kappa shape index (κ3) is 4.16. The van der Waals surface area contributed by atoms with Gasteiger partial charge in [-0.15, -0.1) is 0 Å². The minimum atomic E-state index is -0.167. The summed E-state index contributed by atoms with van der Waals surface area (Å²) in [5, 5.41) is 6.59. The molecule has 3 aromatic rings. The summed E-state index contributed by atoms with van der Waals surface area (Å²) in [6.07, 6.45) is 5.26. The molecule has 2 heterocycles. The first kappa shape index (κ1) is 14.8. The van der Waals surface area contributed by atoms with E-state index >= 15 is 0 Å². The smallest absolute Gasteiger partial charge is 0.244 e. The van der Waals surface area contributed by atoms with Gasteiger partial charge in [-0.1, -0.05) is 35.5 Å². The van der Waals surface area contributed by atoms with Crippen LogP contribution < -0.4 is 5.32 Å². The van der Waals surface area contributed by atoms with Gasteiger partial charge in [0.2, 0.25) is 17.6 Å². The highest BCUT2D eigenvalue weighted by atomic mass is 16.5. The number of amides is 1. The van der Waals surface area contributed by atoms with Gasteiger partial charge in [0.05, 0.1) is 6.26 Å². The van der Waals surface area contributed by atoms with E-state index in [4.69, 9.17) is 8.94 Å². The maximum absolute atomic E-state index is 11.7. The van der Waals surface area contributed by atoms with Crippen LogP contribution in [0.15, 0.2) is 63.7 Å². The van der Waals surface area contributed by atoms with Crippen LogP contribution in [-0.2, 0) is 11.2 Å². The number of carbonyl (C=O) groups excluding carboxylic acids is 1. The van der Waals surface area contributed by atoms with Gasteiger partial charge in [0.15, 0.2) is 5.76 Å². The third-order valence-electron chi connectivity index (χ3n) is 3.07. The van der Waals surface area contributed by atoms with Crippen LogP contribution >= 0.6 is 0 Å². The maximum atomic E-state index is 11.7. The van der Waals surface area contributed by atoms with Gasteiger partial charge in [-0.3, -0.25) is 4.79 Å². The Hall–Kier alpha value is -3.15. The first-order chi connectivity index (χ1) is 11.3. The Morgan fingerprint density at radius 3 is 2.83 bits per heavy atom. The molecule has 0 aliphatic rings. The Bertz CT molecular complexity index is 777. The van der Waals surface area contributed by atoms with E-state index in [0.717, 1.165) is 5.56 Å². The molecule has 0 saturated carbocycles. The Morgan fingerprint density at radius 1 is 1.17 bits per heavy atom. The van der Waals surface area contributed by atoms with Crippen LogP contribution in [0.5, 0.6) is 0 Å². The highest BCUT2D eigenvalue weighted by molar-refractivity contribution is 5.91. The minimum absolute atomic E-state index is 0.167. The lowest BCUT2D eigenvalue weighted by Gasteiger charge is -1.98. The largest absolute Gasteiger partial charge is 0.461 e. The van der Waals surface area contributed by atoms with Crippen LogP contribution in [0.25, 0.3) is 17.7 Å². The molecule has 0 aliphatic carbocycles. The molecule has 0 radical (unpaired) electrons. The van der Waals surface area contributed by atoms with Crippen LogP contribution in [0, 0.1) is 0 Å². The third-order valence-corrected chi connectivity index (χ3v) is 3.07. The molecule has 0 saturated heterocycles. The number of aromatic nitrogens is 2. The van der Waals surface area contributed by atoms with Gasteiger partial charge in [-0.05, 0) is 23.8 Å². The molecule has 0 unspecified atom stereocenters. The highest BCUT2D eigenvalue weighted by Gasteiger charge is 2.10. The summed E-state index contributed by atoms with van der Waals surface area (Å²) in [6, 6.07) is 13.1. The van der Waals surface area contributed by atoms with Gasteiger partial charge < -0.3 is 14.3 Å². The zero-order valence-corrected chi connectivity index (χ0v) is 12.3. The van der Waals surface area contributed by atoms with E-state index in [1.54, 1.807) is 24.5 Å². The Labute approximate surface area is 132 Å². The number of nitrogens with zero attached hydrogens (tertiary/aromatic N) is 2. The number of hydrogen-bond acceptors (Lipinski definition) is 5. The number of nitrogens with one attached hydrogen (secondary N) is 1. The molecule has 0 aliphatic heterocycles. The van der Waals surface area contributed by atoms with Crippen molar-refractivity contribution in [2.75, 3.05) is 6.54 Å². The van der Waals surface area contributed by atoms with Crippen molar-refractivity contribution in [3.8, 4) is 11.6 Å². The van der Waals surface area contributed by atoms with Gasteiger partial charge >= 0.3 is 0 Å². The first-order valence-corrected chi connectivity index (χ1v) is 7.19. The fourth-order valence-electron chi connectivity index (χ4n) is 1.95.